The first-order valence-electron chi connectivity index (χ1n) is 8.17. The molecule has 0 amide bonds. The van der Waals surface area contributed by atoms with Crippen LogP contribution in [0.15, 0.2) is 42.5 Å². The Bertz CT molecular complexity index is 752. The molecular formula is C20H20O3. The van der Waals surface area contributed by atoms with Crippen LogP contribution in [0.25, 0.3) is 10.8 Å². The predicted octanol–water partition coefficient (Wildman–Crippen LogP) is 3.84. The van der Waals surface area contributed by atoms with E-state index >= 15 is 0 Å². The third-order valence-corrected chi connectivity index (χ3v) is 4.62. The molecule has 0 spiro atoms. The molecule has 3 nitrogen and oxygen atoms in total. The molecule has 1 fully saturated rings. The highest BCUT2D eigenvalue weighted by molar-refractivity contribution is 6.21. The van der Waals surface area contributed by atoms with Gasteiger partial charge in [0.05, 0.1) is 0 Å². The van der Waals surface area contributed by atoms with Crippen molar-refractivity contribution in [2.24, 2.45) is 5.92 Å². The number of ketones is 3. The van der Waals surface area contributed by atoms with E-state index < -0.39 is 5.92 Å². The molecule has 3 rings (SSSR count). The number of rotatable bonds is 4. The largest absolute Gasteiger partial charge is 0.298 e. The van der Waals surface area contributed by atoms with Crippen LogP contribution >= 0.6 is 0 Å². The van der Waals surface area contributed by atoms with Crippen LogP contribution in [0.4, 0.5) is 0 Å². The summed E-state index contributed by atoms with van der Waals surface area (Å²) >= 11 is 0. The van der Waals surface area contributed by atoms with Gasteiger partial charge in [-0.15, -0.1) is 0 Å². The highest BCUT2D eigenvalue weighted by Crippen LogP contribution is 2.36. The van der Waals surface area contributed by atoms with Crippen molar-refractivity contribution in [1.82, 2.24) is 0 Å². The molecule has 0 unspecified atom stereocenters. The second-order valence-corrected chi connectivity index (χ2v) is 6.26. The number of hydrogen-bond donors (Lipinski definition) is 0. The highest BCUT2D eigenvalue weighted by atomic mass is 16.2. The van der Waals surface area contributed by atoms with Crippen LogP contribution in [0.2, 0.25) is 0 Å². The normalized spacial score (nSPS) is 21.6. The summed E-state index contributed by atoms with van der Waals surface area (Å²) in [5, 5.41) is 2.19. The maximum absolute atomic E-state index is 12.4. The molecule has 118 valence electrons. The van der Waals surface area contributed by atoms with Crippen LogP contribution in [0, 0.1) is 5.92 Å². The van der Waals surface area contributed by atoms with Crippen molar-refractivity contribution >= 4 is 28.1 Å². The van der Waals surface area contributed by atoms with E-state index in [1.54, 1.807) is 0 Å². The predicted molar refractivity (Wildman–Crippen MR) is 89.3 cm³/mol. The van der Waals surface area contributed by atoms with Crippen LogP contribution in [-0.2, 0) is 14.4 Å². The number of Topliss-reactive ketones (excluding diaryl/α,β-unsaturated/α-hetero) is 3. The molecule has 23 heavy (non-hydrogen) atoms. The fraction of sp³-hybridized carbons (Fsp3) is 0.350. The topological polar surface area (TPSA) is 51.2 Å². The second-order valence-electron chi connectivity index (χ2n) is 6.26. The first kappa shape index (κ1) is 15.6. The molecule has 0 radical (unpaired) electrons. The minimum absolute atomic E-state index is 0.119. The number of fused-ring (bicyclic) bond motifs is 1. The van der Waals surface area contributed by atoms with Gasteiger partial charge >= 0.3 is 0 Å². The standard InChI is InChI=1S/C20H20O3/c1-2-6-17(21)20-18(22)11-14(12-19(20)23)16-10-5-8-13-7-3-4-9-15(13)16/h3-5,7-10,14,20H,2,6,11-12H2,1H3. The molecule has 0 atom stereocenters. The quantitative estimate of drug-likeness (QED) is 0.806. The molecule has 0 N–H and O–H groups in total. The molecule has 0 saturated heterocycles. The van der Waals surface area contributed by atoms with Gasteiger partial charge in [-0.1, -0.05) is 49.4 Å². The van der Waals surface area contributed by atoms with Crippen molar-refractivity contribution in [3.05, 3.63) is 48.0 Å². The van der Waals surface area contributed by atoms with Crippen LogP contribution < -0.4 is 0 Å². The van der Waals surface area contributed by atoms with Gasteiger partial charge in [0, 0.05) is 19.3 Å². The third kappa shape index (κ3) is 2.96. The Kier molecular flexibility index (Phi) is 4.37. The molecule has 0 aromatic heterocycles. The van der Waals surface area contributed by atoms with Crippen LogP contribution in [0.1, 0.15) is 44.1 Å². The minimum Gasteiger partial charge on any atom is -0.298 e. The van der Waals surface area contributed by atoms with Gasteiger partial charge in [-0.3, -0.25) is 14.4 Å². The van der Waals surface area contributed by atoms with E-state index in [4.69, 9.17) is 0 Å². The van der Waals surface area contributed by atoms with Crippen molar-refractivity contribution in [2.45, 2.75) is 38.5 Å². The Morgan fingerprint density at radius 3 is 2.35 bits per heavy atom. The molecule has 0 aliphatic heterocycles. The first-order valence-corrected chi connectivity index (χ1v) is 8.17. The lowest BCUT2D eigenvalue weighted by atomic mass is 9.74. The summed E-state index contributed by atoms with van der Waals surface area (Å²) in [6, 6.07) is 14.0. The molecule has 1 aliphatic rings. The van der Waals surface area contributed by atoms with Crippen LogP contribution in [-0.4, -0.2) is 17.3 Å². The van der Waals surface area contributed by atoms with Crippen molar-refractivity contribution in [2.75, 3.05) is 0 Å². The van der Waals surface area contributed by atoms with Crippen molar-refractivity contribution in [3.63, 3.8) is 0 Å². The Morgan fingerprint density at radius 1 is 1.00 bits per heavy atom. The van der Waals surface area contributed by atoms with E-state index in [2.05, 4.69) is 0 Å². The summed E-state index contributed by atoms with van der Waals surface area (Å²) in [6.45, 7) is 1.88. The number of hydrogen-bond acceptors (Lipinski definition) is 3. The van der Waals surface area contributed by atoms with E-state index in [9.17, 15) is 14.4 Å². The Morgan fingerprint density at radius 2 is 1.65 bits per heavy atom. The molecule has 3 heteroatoms. The van der Waals surface area contributed by atoms with Crippen molar-refractivity contribution in [3.8, 4) is 0 Å². The summed E-state index contributed by atoms with van der Waals surface area (Å²) in [5.74, 6) is -1.76. The average molecular weight is 308 g/mol. The number of carbonyl (C=O) groups excluding carboxylic acids is 3. The van der Waals surface area contributed by atoms with Crippen LogP contribution in [0.3, 0.4) is 0 Å². The maximum Gasteiger partial charge on any atom is 0.151 e. The Hall–Kier alpha value is -2.29. The monoisotopic (exact) mass is 308 g/mol. The molecule has 2 aromatic rings. The number of carbonyl (C=O) groups is 3. The fourth-order valence-corrected chi connectivity index (χ4v) is 3.55. The van der Waals surface area contributed by atoms with Crippen LogP contribution in [0.5, 0.6) is 0 Å². The minimum atomic E-state index is -1.01. The lowest BCUT2D eigenvalue weighted by molar-refractivity contribution is -0.142. The summed E-state index contributed by atoms with van der Waals surface area (Å²) in [7, 11) is 0. The lowest BCUT2D eigenvalue weighted by Gasteiger charge is -2.26. The molecule has 1 saturated carbocycles. The van der Waals surface area contributed by atoms with E-state index in [0.29, 0.717) is 12.8 Å². The zero-order valence-corrected chi connectivity index (χ0v) is 13.2. The molecule has 2 aromatic carbocycles. The molecular weight excluding hydrogens is 288 g/mol. The third-order valence-electron chi connectivity index (χ3n) is 4.62. The van der Waals surface area contributed by atoms with Gasteiger partial charge in [0.15, 0.2) is 17.3 Å². The van der Waals surface area contributed by atoms with E-state index in [0.717, 1.165) is 16.3 Å². The van der Waals surface area contributed by atoms with Gasteiger partial charge in [-0.05, 0) is 28.7 Å². The maximum atomic E-state index is 12.4. The zero-order chi connectivity index (χ0) is 16.4. The SMILES string of the molecule is CCCC(=O)C1C(=O)CC(c2cccc3ccccc23)CC1=O. The average Bonchev–Trinajstić information content (AvgIpc) is 2.54. The Balaban J connectivity index is 1.90. The van der Waals surface area contributed by atoms with E-state index in [1.165, 1.54) is 0 Å². The number of benzene rings is 2. The highest BCUT2D eigenvalue weighted by Gasteiger charge is 2.40. The van der Waals surface area contributed by atoms with Gasteiger partial charge < -0.3 is 0 Å². The van der Waals surface area contributed by atoms with Gasteiger partial charge in [0.1, 0.15) is 5.92 Å². The van der Waals surface area contributed by atoms with E-state index in [-0.39, 0.29) is 36.1 Å². The summed E-state index contributed by atoms with van der Waals surface area (Å²) in [4.78, 5) is 36.8. The van der Waals surface area contributed by atoms with Crippen molar-refractivity contribution in [1.29, 1.82) is 0 Å². The van der Waals surface area contributed by atoms with Crippen molar-refractivity contribution < 1.29 is 14.4 Å². The lowest BCUT2D eigenvalue weighted by Crippen LogP contribution is -2.38. The van der Waals surface area contributed by atoms with Gasteiger partial charge in [-0.25, -0.2) is 0 Å². The van der Waals surface area contributed by atoms with Gasteiger partial charge in [0.25, 0.3) is 0 Å². The summed E-state index contributed by atoms with van der Waals surface area (Å²) in [6.07, 6.45) is 1.53. The smallest absolute Gasteiger partial charge is 0.151 e. The molecule has 1 aliphatic carbocycles. The first-order chi connectivity index (χ1) is 11.1. The molecule has 0 heterocycles. The summed E-state index contributed by atoms with van der Waals surface area (Å²) in [5.41, 5.74) is 1.03. The summed E-state index contributed by atoms with van der Waals surface area (Å²) < 4.78 is 0. The molecule has 0 bridgehead atoms. The fourth-order valence-electron chi connectivity index (χ4n) is 3.55. The Labute approximate surface area is 135 Å². The van der Waals surface area contributed by atoms with Gasteiger partial charge in [-0.2, -0.15) is 0 Å². The second kappa shape index (κ2) is 6.45. The zero-order valence-electron chi connectivity index (χ0n) is 13.2. The van der Waals surface area contributed by atoms with E-state index in [1.807, 2.05) is 49.4 Å². The van der Waals surface area contributed by atoms with Gasteiger partial charge in [0.2, 0.25) is 0 Å².